The SMILES string of the molecule is NC(=O)c1cccc2c(Nc3cccc(CCC(=O)c4cccnc4)c3)ncnc12. The Bertz CT molecular complexity index is 1220. The van der Waals surface area contributed by atoms with Crippen LogP contribution in [0.3, 0.4) is 0 Å². The molecule has 0 unspecified atom stereocenters. The van der Waals surface area contributed by atoms with Gasteiger partial charge in [0, 0.05) is 35.5 Å². The van der Waals surface area contributed by atoms with Crippen molar-refractivity contribution in [2.45, 2.75) is 12.8 Å². The van der Waals surface area contributed by atoms with Gasteiger partial charge in [-0.05, 0) is 48.4 Å². The van der Waals surface area contributed by atoms with E-state index in [4.69, 9.17) is 5.73 Å². The molecule has 3 N–H and O–H groups in total. The second-order valence-corrected chi connectivity index (χ2v) is 6.78. The lowest BCUT2D eigenvalue weighted by atomic mass is 10.0. The number of nitrogens with two attached hydrogens (primary N) is 1. The summed E-state index contributed by atoms with van der Waals surface area (Å²) in [5.41, 5.74) is 8.76. The molecule has 148 valence electrons. The van der Waals surface area contributed by atoms with Crippen molar-refractivity contribution < 1.29 is 9.59 Å². The second-order valence-electron chi connectivity index (χ2n) is 6.78. The minimum Gasteiger partial charge on any atom is -0.366 e. The predicted octanol–water partition coefficient (Wildman–Crippen LogP) is 3.68. The fraction of sp³-hybridized carbons (Fsp3) is 0.0870. The molecule has 30 heavy (non-hydrogen) atoms. The highest BCUT2D eigenvalue weighted by molar-refractivity contribution is 6.07. The van der Waals surface area contributed by atoms with E-state index >= 15 is 0 Å². The van der Waals surface area contributed by atoms with Gasteiger partial charge < -0.3 is 11.1 Å². The van der Waals surface area contributed by atoms with Crippen molar-refractivity contribution >= 4 is 34.1 Å². The highest BCUT2D eigenvalue weighted by Crippen LogP contribution is 2.25. The maximum atomic E-state index is 12.3. The summed E-state index contributed by atoms with van der Waals surface area (Å²) in [4.78, 5) is 36.5. The minimum absolute atomic E-state index is 0.0576. The van der Waals surface area contributed by atoms with E-state index in [9.17, 15) is 9.59 Å². The van der Waals surface area contributed by atoms with E-state index < -0.39 is 5.91 Å². The van der Waals surface area contributed by atoms with Gasteiger partial charge in [0.05, 0.1) is 11.1 Å². The van der Waals surface area contributed by atoms with Gasteiger partial charge >= 0.3 is 0 Å². The third-order valence-electron chi connectivity index (χ3n) is 4.74. The third-order valence-corrected chi connectivity index (χ3v) is 4.74. The Kier molecular flexibility index (Phi) is 5.43. The smallest absolute Gasteiger partial charge is 0.250 e. The molecule has 0 bridgehead atoms. The lowest BCUT2D eigenvalue weighted by Crippen LogP contribution is -2.12. The number of anilines is 2. The molecule has 0 aliphatic carbocycles. The minimum atomic E-state index is -0.537. The quantitative estimate of drug-likeness (QED) is 0.460. The Hall–Kier alpha value is -4.13. The Morgan fingerprint density at radius 3 is 2.67 bits per heavy atom. The molecule has 2 aromatic carbocycles. The standard InChI is InChI=1S/C23H19N5O2/c24-22(30)18-7-2-8-19-21(18)26-14-27-23(19)28-17-6-1-4-15(12-17)9-10-20(29)16-5-3-11-25-13-16/h1-8,11-14H,9-10H2,(H2,24,30)(H,26,27,28). The van der Waals surface area contributed by atoms with Crippen LogP contribution in [-0.2, 0) is 6.42 Å². The van der Waals surface area contributed by atoms with E-state index in [2.05, 4.69) is 20.3 Å². The fourth-order valence-electron chi connectivity index (χ4n) is 3.26. The van der Waals surface area contributed by atoms with Gasteiger partial charge in [-0.3, -0.25) is 14.6 Å². The molecule has 7 nitrogen and oxygen atoms in total. The van der Waals surface area contributed by atoms with Crippen LogP contribution in [0, 0.1) is 0 Å². The van der Waals surface area contributed by atoms with Crippen LogP contribution in [0.25, 0.3) is 10.9 Å². The Morgan fingerprint density at radius 2 is 1.87 bits per heavy atom. The van der Waals surface area contributed by atoms with Gasteiger partial charge in [0.15, 0.2) is 5.78 Å². The van der Waals surface area contributed by atoms with Gasteiger partial charge in [-0.25, -0.2) is 9.97 Å². The zero-order chi connectivity index (χ0) is 20.9. The number of hydrogen-bond donors (Lipinski definition) is 2. The highest BCUT2D eigenvalue weighted by Gasteiger charge is 2.12. The van der Waals surface area contributed by atoms with Crippen molar-refractivity contribution in [1.29, 1.82) is 0 Å². The molecule has 4 rings (SSSR count). The molecule has 1 amide bonds. The number of rotatable bonds is 7. The van der Waals surface area contributed by atoms with Gasteiger partial charge in [-0.1, -0.05) is 18.2 Å². The monoisotopic (exact) mass is 397 g/mol. The van der Waals surface area contributed by atoms with E-state index in [1.807, 2.05) is 30.3 Å². The van der Waals surface area contributed by atoms with E-state index in [1.54, 1.807) is 36.7 Å². The van der Waals surface area contributed by atoms with Gasteiger partial charge in [0.1, 0.15) is 12.1 Å². The van der Waals surface area contributed by atoms with E-state index in [1.165, 1.54) is 6.33 Å². The van der Waals surface area contributed by atoms with Crippen LogP contribution >= 0.6 is 0 Å². The molecule has 0 saturated carbocycles. The summed E-state index contributed by atoms with van der Waals surface area (Å²) in [6, 6.07) is 16.5. The van der Waals surface area contributed by atoms with Gasteiger partial charge in [0.25, 0.3) is 5.91 Å². The second kappa shape index (κ2) is 8.48. The third kappa shape index (κ3) is 4.15. The summed E-state index contributed by atoms with van der Waals surface area (Å²) >= 11 is 0. The average molecular weight is 397 g/mol. The summed E-state index contributed by atoms with van der Waals surface area (Å²) < 4.78 is 0. The van der Waals surface area contributed by atoms with Crippen LogP contribution in [-0.4, -0.2) is 26.6 Å². The molecule has 4 aromatic rings. The number of nitrogens with one attached hydrogen (secondary N) is 1. The number of hydrogen-bond acceptors (Lipinski definition) is 6. The maximum Gasteiger partial charge on any atom is 0.250 e. The largest absolute Gasteiger partial charge is 0.366 e. The number of primary amides is 1. The van der Waals surface area contributed by atoms with Crippen LogP contribution in [0.15, 0.2) is 73.3 Å². The van der Waals surface area contributed by atoms with Crippen molar-refractivity contribution in [2.24, 2.45) is 5.73 Å². The number of carbonyl (C=O) groups is 2. The molecule has 0 fully saturated rings. The number of aromatic nitrogens is 3. The van der Waals surface area contributed by atoms with Gasteiger partial charge in [-0.2, -0.15) is 0 Å². The van der Waals surface area contributed by atoms with Crippen LogP contribution < -0.4 is 11.1 Å². The number of aryl methyl sites for hydroxylation is 1. The average Bonchev–Trinajstić information content (AvgIpc) is 2.78. The number of carbonyl (C=O) groups excluding carboxylic acids is 2. The topological polar surface area (TPSA) is 111 Å². The first-order valence-electron chi connectivity index (χ1n) is 9.44. The molecular formula is C23H19N5O2. The van der Waals surface area contributed by atoms with Crippen LogP contribution in [0.4, 0.5) is 11.5 Å². The number of nitrogens with zero attached hydrogens (tertiary/aromatic N) is 3. The number of fused-ring (bicyclic) bond motifs is 1. The lowest BCUT2D eigenvalue weighted by molar-refractivity contribution is 0.0979. The molecular weight excluding hydrogens is 378 g/mol. The number of pyridine rings is 1. The molecule has 0 saturated heterocycles. The first kappa shape index (κ1) is 19.2. The number of para-hydroxylation sites is 1. The lowest BCUT2D eigenvalue weighted by Gasteiger charge is -2.11. The van der Waals surface area contributed by atoms with Gasteiger partial charge in [-0.15, -0.1) is 0 Å². The number of ketones is 1. The molecule has 2 heterocycles. The van der Waals surface area contributed by atoms with E-state index in [-0.39, 0.29) is 5.78 Å². The van der Waals surface area contributed by atoms with Crippen molar-refractivity contribution in [3.05, 3.63) is 90.0 Å². The Balaban J connectivity index is 1.53. The Labute approximate surface area is 173 Å². The summed E-state index contributed by atoms with van der Waals surface area (Å²) in [6.45, 7) is 0. The maximum absolute atomic E-state index is 12.3. The molecule has 0 atom stereocenters. The zero-order valence-corrected chi connectivity index (χ0v) is 16.1. The van der Waals surface area contributed by atoms with E-state index in [0.717, 1.165) is 11.3 Å². The fourth-order valence-corrected chi connectivity index (χ4v) is 3.26. The first-order chi connectivity index (χ1) is 14.6. The summed E-state index contributed by atoms with van der Waals surface area (Å²) in [5.74, 6) is 0.0967. The van der Waals surface area contributed by atoms with Crippen molar-refractivity contribution in [3.8, 4) is 0 Å². The van der Waals surface area contributed by atoms with Crippen LogP contribution in [0.2, 0.25) is 0 Å². The molecule has 0 aliphatic rings. The number of Topliss-reactive ketones (excluding diaryl/α,β-unsaturated/α-hetero) is 1. The number of amides is 1. The molecule has 7 heteroatoms. The predicted molar refractivity (Wildman–Crippen MR) is 115 cm³/mol. The Morgan fingerprint density at radius 1 is 1.00 bits per heavy atom. The van der Waals surface area contributed by atoms with Crippen molar-refractivity contribution in [3.63, 3.8) is 0 Å². The summed E-state index contributed by atoms with van der Waals surface area (Å²) in [6.07, 6.45) is 5.64. The zero-order valence-electron chi connectivity index (χ0n) is 16.1. The van der Waals surface area contributed by atoms with Crippen LogP contribution in [0.1, 0.15) is 32.7 Å². The molecule has 0 radical (unpaired) electrons. The number of benzene rings is 2. The normalized spacial score (nSPS) is 10.7. The van der Waals surface area contributed by atoms with Crippen molar-refractivity contribution in [2.75, 3.05) is 5.32 Å². The summed E-state index contributed by atoms with van der Waals surface area (Å²) in [5, 5.41) is 3.97. The molecule has 2 aromatic heterocycles. The highest BCUT2D eigenvalue weighted by atomic mass is 16.1. The van der Waals surface area contributed by atoms with Crippen molar-refractivity contribution in [1.82, 2.24) is 15.0 Å². The van der Waals surface area contributed by atoms with E-state index in [0.29, 0.717) is 40.7 Å². The van der Waals surface area contributed by atoms with Crippen LogP contribution in [0.5, 0.6) is 0 Å². The first-order valence-corrected chi connectivity index (χ1v) is 9.44. The summed E-state index contributed by atoms with van der Waals surface area (Å²) in [7, 11) is 0. The molecule has 0 spiro atoms. The molecule has 0 aliphatic heterocycles. The van der Waals surface area contributed by atoms with Gasteiger partial charge in [0.2, 0.25) is 0 Å².